The molecule has 0 N–H and O–H groups in total. The first-order valence-electron chi connectivity index (χ1n) is 5.65. The third-order valence-corrected chi connectivity index (χ3v) is 2.49. The summed E-state index contributed by atoms with van der Waals surface area (Å²) in [6.07, 6.45) is 3.77. The van der Waals surface area contributed by atoms with Gasteiger partial charge in [0.1, 0.15) is 18.1 Å². The average Bonchev–Trinajstić information content (AvgIpc) is 2.89. The molecule has 92 valence electrons. The summed E-state index contributed by atoms with van der Waals surface area (Å²) in [5.41, 5.74) is 0.886. The van der Waals surface area contributed by atoms with Gasteiger partial charge in [-0.15, -0.1) is 0 Å². The average molecular weight is 235 g/mol. The molecule has 2 aromatic rings. The molecule has 0 saturated heterocycles. The van der Waals surface area contributed by atoms with E-state index in [1.165, 1.54) is 0 Å². The molecule has 0 aliphatic carbocycles. The Morgan fingerprint density at radius 3 is 3.00 bits per heavy atom. The fourth-order valence-electron chi connectivity index (χ4n) is 1.77. The molecule has 17 heavy (non-hydrogen) atoms. The summed E-state index contributed by atoms with van der Waals surface area (Å²) in [4.78, 5) is 4.33. The first-order valence-corrected chi connectivity index (χ1v) is 5.65. The zero-order valence-corrected chi connectivity index (χ0v) is 10.4. The molecule has 0 aromatic carbocycles. The maximum absolute atomic E-state index is 5.15. The largest absolute Gasteiger partial charge is 0.377 e. The molecule has 0 fully saturated rings. The summed E-state index contributed by atoms with van der Waals surface area (Å²) in [6, 6.07) is 1.91. The first-order chi connectivity index (χ1) is 8.20. The Morgan fingerprint density at radius 2 is 2.29 bits per heavy atom. The molecule has 0 unspecified atom stereocenters. The SMILES string of the molecule is COCc1cc(Cn2ccnc2C(C)C)no1. The third kappa shape index (κ3) is 2.74. The molecule has 0 radical (unpaired) electrons. The van der Waals surface area contributed by atoms with E-state index in [0.29, 0.717) is 19.1 Å². The smallest absolute Gasteiger partial charge is 0.162 e. The zero-order chi connectivity index (χ0) is 12.3. The number of rotatable bonds is 5. The highest BCUT2D eigenvalue weighted by Gasteiger charge is 2.10. The number of nitrogens with zero attached hydrogens (tertiary/aromatic N) is 3. The standard InChI is InChI=1S/C12H17N3O2/c1-9(2)12-13-4-5-15(12)7-10-6-11(8-16-3)17-14-10/h4-6,9H,7-8H2,1-3H3. The maximum Gasteiger partial charge on any atom is 0.162 e. The molecule has 0 atom stereocenters. The van der Waals surface area contributed by atoms with Crippen LogP contribution in [0.2, 0.25) is 0 Å². The molecule has 5 nitrogen and oxygen atoms in total. The van der Waals surface area contributed by atoms with Gasteiger partial charge in [-0.25, -0.2) is 4.98 Å². The first kappa shape index (κ1) is 11.9. The lowest BCUT2D eigenvalue weighted by Crippen LogP contribution is -2.05. The lowest BCUT2D eigenvalue weighted by Gasteiger charge is -2.07. The summed E-state index contributed by atoms with van der Waals surface area (Å²) in [5.74, 6) is 2.20. The molecule has 0 aliphatic rings. The molecule has 0 amide bonds. The maximum atomic E-state index is 5.15. The van der Waals surface area contributed by atoms with E-state index in [9.17, 15) is 0 Å². The van der Waals surface area contributed by atoms with E-state index in [1.807, 2.05) is 18.5 Å². The van der Waals surface area contributed by atoms with Gasteiger partial charge in [0.2, 0.25) is 0 Å². The molecule has 2 aromatic heterocycles. The predicted molar refractivity (Wildman–Crippen MR) is 62.6 cm³/mol. The Morgan fingerprint density at radius 1 is 1.47 bits per heavy atom. The molecule has 0 spiro atoms. The zero-order valence-electron chi connectivity index (χ0n) is 10.4. The number of imidazole rings is 1. The monoisotopic (exact) mass is 235 g/mol. The fraction of sp³-hybridized carbons (Fsp3) is 0.500. The fourth-order valence-corrected chi connectivity index (χ4v) is 1.77. The van der Waals surface area contributed by atoms with Gasteiger partial charge in [-0.1, -0.05) is 19.0 Å². The lowest BCUT2D eigenvalue weighted by atomic mass is 10.2. The second-order valence-corrected chi connectivity index (χ2v) is 4.29. The van der Waals surface area contributed by atoms with Crippen molar-refractivity contribution in [3.63, 3.8) is 0 Å². The highest BCUT2D eigenvalue weighted by atomic mass is 16.5. The normalized spacial score (nSPS) is 11.3. The minimum atomic E-state index is 0.398. The van der Waals surface area contributed by atoms with Crippen LogP contribution in [-0.2, 0) is 17.9 Å². The molecular formula is C12H17N3O2. The van der Waals surface area contributed by atoms with Gasteiger partial charge >= 0.3 is 0 Å². The van der Waals surface area contributed by atoms with Gasteiger partial charge in [-0.3, -0.25) is 0 Å². The van der Waals surface area contributed by atoms with Gasteiger partial charge in [0.05, 0.1) is 6.54 Å². The molecule has 5 heteroatoms. The Bertz CT molecular complexity index is 474. The van der Waals surface area contributed by atoms with E-state index in [4.69, 9.17) is 9.26 Å². The summed E-state index contributed by atoms with van der Waals surface area (Å²) in [5, 5.41) is 4.01. The Kier molecular flexibility index (Phi) is 3.58. The van der Waals surface area contributed by atoms with Gasteiger partial charge in [-0.05, 0) is 0 Å². The molecule has 0 aliphatic heterocycles. The van der Waals surface area contributed by atoms with Crippen molar-refractivity contribution in [3.8, 4) is 0 Å². The van der Waals surface area contributed by atoms with E-state index in [1.54, 1.807) is 7.11 Å². The third-order valence-electron chi connectivity index (χ3n) is 2.49. The number of aromatic nitrogens is 3. The van der Waals surface area contributed by atoms with Crippen LogP contribution >= 0.6 is 0 Å². The van der Waals surface area contributed by atoms with Crippen LogP contribution < -0.4 is 0 Å². The van der Waals surface area contributed by atoms with E-state index < -0.39 is 0 Å². The van der Waals surface area contributed by atoms with E-state index in [-0.39, 0.29) is 0 Å². The van der Waals surface area contributed by atoms with Crippen molar-refractivity contribution >= 4 is 0 Å². The molecule has 2 rings (SSSR count). The van der Waals surface area contributed by atoms with E-state index in [0.717, 1.165) is 17.3 Å². The van der Waals surface area contributed by atoms with Crippen LogP contribution in [0.3, 0.4) is 0 Å². The van der Waals surface area contributed by atoms with Crippen molar-refractivity contribution in [3.05, 3.63) is 35.7 Å². The summed E-state index contributed by atoms with van der Waals surface area (Å²) < 4.78 is 12.2. The highest BCUT2D eigenvalue weighted by Crippen LogP contribution is 2.14. The summed E-state index contributed by atoms with van der Waals surface area (Å²) in [7, 11) is 1.63. The molecule has 0 bridgehead atoms. The van der Waals surface area contributed by atoms with Crippen molar-refractivity contribution < 1.29 is 9.26 Å². The van der Waals surface area contributed by atoms with Crippen LogP contribution in [0.1, 0.15) is 37.0 Å². The van der Waals surface area contributed by atoms with Crippen LogP contribution in [0.5, 0.6) is 0 Å². The van der Waals surface area contributed by atoms with Crippen LogP contribution in [0, 0.1) is 0 Å². The van der Waals surface area contributed by atoms with Crippen molar-refractivity contribution in [2.24, 2.45) is 0 Å². The van der Waals surface area contributed by atoms with E-state index in [2.05, 4.69) is 28.6 Å². The Labute approximate surface area is 100 Å². The van der Waals surface area contributed by atoms with Crippen LogP contribution in [0.15, 0.2) is 23.0 Å². The summed E-state index contributed by atoms with van der Waals surface area (Å²) >= 11 is 0. The number of ether oxygens (including phenoxy) is 1. The lowest BCUT2D eigenvalue weighted by molar-refractivity contribution is 0.155. The minimum Gasteiger partial charge on any atom is -0.377 e. The minimum absolute atomic E-state index is 0.398. The molecule has 0 saturated carbocycles. The Balaban J connectivity index is 2.11. The Hall–Kier alpha value is -1.62. The van der Waals surface area contributed by atoms with Crippen LogP contribution in [0.4, 0.5) is 0 Å². The van der Waals surface area contributed by atoms with Crippen molar-refractivity contribution in [2.75, 3.05) is 7.11 Å². The van der Waals surface area contributed by atoms with Gasteiger partial charge in [-0.2, -0.15) is 0 Å². The van der Waals surface area contributed by atoms with E-state index >= 15 is 0 Å². The van der Waals surface area contributed by atoms with Gasteiger partial charge in [0.25, 0.3) is 0 Å². The molecule has 2 heterocycles. The quantitative estimate of drug-likeness (QED) is 0.797. The van der Waals surface area contributed by atoms with Gasteiger partial charge < -0.3 is 13.8 Å². The highest BCUT2D eigenvalue weighted by molar-refractivity contribution is 5.08. The molecular weight excluding hydrogens is 218 g/mol. The van der Waals surface area contributed by atoms with Crippen LogP contribution in [0.25, 0.3) is 0 Å². The summed E-state index contributed by atoms with van der Waals surface area (Å²) in [6.45, 7) is 5.38. The number of hydrogen-bond acceptors (Lipinski definition) is 4. The van der Waals surface area contributed by atoms with Gasteiger partial charge in [0.15, 0.2) is 5.76 Å². The van der Waals surface area contributed by atoms with Crippen molar-refractivity contribution in [1.82, 2.24) is 14.7 Å². The number of hydrogen-bond donors (Lipinski definition) is 0. The second kappa shape index (κ2) is 5.14. The van der Waals surface area contributed by atoms with Crippen LogP contribution in [-0.4, -0.2) is 21.8 Å². The second-order valence-electron chi connectivity index (χ2n) is 4.29. The van der Waals surface area contributed by atoms with Crippen molar-refractivity contribution in [2.45, 2.75) is 32.9 Å². The number of methoxy groups -OCH3 is 1. The predicted octanol–water partition coefficient (Wildman–Crippen LogP) is 2.19. The van der Waals surface area contributed by atoms with Crippen molar-refractivity contribution in [1.29, 1.82) is 0 Å². The topological polar surface area (TPSA) is 53.1 Å². The van der Waals surface area contributed by atoms with Gasteiger partial charge in [0, 0.05) is 31.5 Å².